The third-order valence-electron chi connectivity index (χ3n) is 0.357. The topological polar surface area (TPSA) is 72.5 Å². The van der Waals surface area contributed by atoms with Crippen LogP contribution in [0.4, 0.5) is 0 Å². The van der Waals surface area contributed by atoms with Crippen LogP contribution >= 0.6 is 12.9 Å². The van der Waals surface area contributed by atoms with Gasteiger partial charge in [0.1, 0.15) is 0 Å². The van der Waals surface area contributed by atoms with Gasteiger partial charge in [-0.15, -0.1) is 0 Å². The molecule has 42 valence electrons. The lowest BCUT2D eigenvalue weighted by Gasteiger charge is -1.97. The SMILES string of the molecule is N[C@@H](OS)C(=O)O. The molecule has 0 spiro atoms. The van der Waals surface area contributed by atoms with Crippen molar-refractivity contribution in [3.8, 4) is 0 Å². The first-order valence-corrected chi connectivity index (χ1v) is 1.83. The summed E-state index contributed by atoms with van der Waals surface area (Å²) in [6, 6.07) is 0. The minimum Gasteiger partial charge on any atom is -0.478 e. The zero-order valence-electron chi connectivity index (χ0n) is 3.37. The van der Waals surface area contributed by atoms with Gasteiger partial charge in [0.05, 0.1) is 0 Å². The molecule has 0 saturated heterocycles. The first-order chi connectivity index (χ1) is 3.18. The number of rotatable bonds is 2. The van der Waals surface area contributed by atoms with Crippen LogP contribution in [0.1, 0.15) is 0 Å². The van der Waals surface area contributed by atoms with Gasteiger partial charge in [-0.05, 0) is 12.9 Å². The Balaban J connectivity index is 3.34. The summed E-state index contributed by atoms with van der Waals surface area (Å²) in [6.07, 6.45) is -1.32. The van der Waals surface area contributed by atoms with E-state index < -0.39 is 12.2 Å². The number of hydrogen-bond acceptors (Lipinski definition) is 4. The Morgan fingerprint density at radius 2 is 2.43 bits per heavy atom. The molecule has 0 fully saturated rings. The first-order valence-electron chi connectivity index (χ1n) is 1.47. The lowest BCUT2D eigenvalue weighted by Crippen LogP contribution is -2.29. The highest BCUT2D eigenvalue weighted by Gasteiger charge is 2.07. The Hall–Kier alpha value is -0.260. The largest absolute Gasteiger partial charge is 0.478 e. The maximum absolute atomic E-state index is 9.63. The average molecular weight is 123 g/mol. The molecule has 0 rings (SSSR count). The number of hydrogen-bond donors (Lipinski definition) is 3. The van der Waals surface area contributed by atoms with Gasteiger partial charge >= 0.3 is 5.97 Å². The monoisotopic (exact) mass is 123 g/mol. The summed E-state index contributed by atoms with van der Waals surface area (Å²) in [5.74, 6) is -1.23. The van der Waals surface area contributed by atoms with E-state index in [2.05, 4.69) is 17.1 Å². The molecular weight excluding hydrogens is 118 g/mol. The summed E-state index contributed by atoms with van der Waals surface area (Å²) >= 11 is 3.15. The van der Waals surface area contributed by atoms with E-state index >= 15 is 0 Å². The molecule has 0 radical (unpaired) electrons. The van der Waals surface area contributed by atoms with Crippen LogP contribution in [0.25, 0.3) is 0 Å². The zero-order valence-corrected chi connectivity index (χ0v) is 4.26. The van der Waals surface area contributed by atoms with Crippen molar-refractivity contribution in [3.05, 3.63) is 0 Å². The average Bonchev–Trinajstić information content (AvgIpc) is 1.65. The fourth-order valence-electron chi connectivity index (χ4n) is 0.0451. The van der Waals surface area contributed by atoms with Crippen molar-refractivity contribution >= 4 is 18.9 Å². The van der Waals surface area contributed by atoms with E-state index in [0.717, 1.165) is 0 Å². The maximum Gasteiger partial charge on any atom is 0.349 e. The van der Waals surface area contributed by atoms with Crippen LogP contribution < -0.4 is 5.73 Å². The second-order valence-corrected chi connectivity index (χ2v) is 1.08. The highest BCUT2D eigenvalue weighted by atomic mass is 32.1. The quantitative estimate of drug-likeness (QED) is 0.256. The van der Waals surface area contributed by atoms with Gasteiger partial charge < -0.3 is 5.11 Å². The van der Waals surface area contributed by atoms with E-state index in [0.29, 0.717) is 0 Å². The molecular formula is C2H5NO3S. The van der Waals surface area contributed by atoms with Crippen LogP contribution in [-0.4, -0.2) is 17.3 Å². The molecule has 7 heavy (non-hydrogen) atoms. The van der Waals surface area contributed by atoms with E-state index in [1.54, 1.807) is 0 Å². The summed E-state index contributed by atoms with van der Waals surface area (Å²) in [6.45, 7) is 0. The van der Waals surface area contributed by atoms with Crippen LogP contribution in [0.5, 0.6) is 0 Å². The zero-order chi connectivity index (χ0) is 5.86. The second kappa shape index (κ2) is 2.84. The number of carboxylic acid groups (broad SMARTS) is 1. The normalized spacial score (nSPS) is 13.4. The maximum atomic E-state index is 9.63. The predicted octanol–water partition coefficient (Wildman–Crippen LogP) is -0.783. The van der Waals surface area contributed by atoms with Crippen LogP contribution in [-0.2, 0) is 8.98 Å². The van der Waals surface area contributed by atoms with Gasteiger partial charge in [-0.25, -0.2) is 4.79 Å². The molecule has 0 amide bonds. The van der Waals surface area contributed by atoms with E-state index in [9.17, 15) is 4.79 Å². The number of nitrogens with two attached hydrogens (primary N) is 1. The summed E-state index contributed by atoms with van der Waals surface area (Å²) in [4.78, 5) is 9.63. The van der Waals surface area contributed by atoms with Crippen LogP contribution in [0.3, 0.4) is 0 Å². The number of aliphatic carboxylic acids is 1. The molecule has 0 aliphatic heterocycles. The van der Waals surface area contributed by atoms with E-state index in [1.165, 1.54) is 0 Å². The summed E-state index contributed by atoms with van der Waals surface area (Å²) < 4.78 is 3.88. The minimum atomic E-state index is -1.32. The van der Waals surface area contributed by atoms with Crippen LogP contribution in [0.15, 0.2) is 0 Å². The highest BCUT2D eigenvalue weighted by Crippen LogP contribution is 1.83. The highest BCUT2D eigenvalue weighted by molar-refractivity contribution is 7.75. The minimum absolute atomic E-state index is 1.23. The van der Waals surface area contributed by atoms with Gasteiger partial charge in [-0.3, -0.25) is 9.92 Å². The van der Waals surface area contributed by atoms with E-state index in [-0.39, 0.29) is 0 Å². The van der Waals surface area contributed by atoms with Crippen molar-refractivity contribution in [2.24, 2.45) is 5.73 Å². The third kappa shape index (κ3) is 2.44. The molecule has 5 heteroatoms. The van der Waals surface area contributed by atoms with Gasteiger partial charge in [0.2, 0.25) is 6.23 Å². The van der Waals surface area contributed by atoms with Crippen molar-refractivity contribution in [1.82, 2.24) is 0 Å². The molecule has 0 bridgehead atoms. The van der Waals surface area contributed by atoms with Gasteiger partial charge in [0, 0.05) is 0 Å². The summed E-state index contributed by atoms with van der Waals surface area (Å²) in [5.41, 5.74) is 4.72. The Morgan fingerprint density at radius 3 is 2.43 bits per heavy atom. The van der Waals surface area contributed by atoms with Gasteiger partial charge in [0.25, 0.3) is 0 Å². The molecule has 0 aromatic rings. The molecule has 0 unspecified atom stereocenters. The van der Waals surface area contributed by atoms with E-state index in [1.807, 2.05) is 0 Å². The second-order valence-electron chi connectivity index (χ2n) is 0.864. The molecule has 0 aliphatic carbocycles. The number of thiol groups is 1. The van der Waals surface area contributed by atoms with E-state index in [4.69, 9.17) is 10.8 Å². The number of carbonyl (C=O) groups is 1. The molecule has 0 aromatic heterocycles. The van der Waals surface area contributed by atoms with Crippen molar-refractivity contribution in [1.29, 1.82) is 0 Å². The van der Waals surface area contributed by atoms with Gasteiger partial charge in [-0.1, -0.05) is 0 Å². The lowest BCUT2D eigenvalue weighted by molar-refractivity contribution is -0.144. The molecule has 4 nitrogen and oxygen atoms in total. The lowest BCUT2D eigenvalue weighted by atomic mass is 10.6. The molecule has 0 saturated carbocycles. The molecule has 1 atom stereocenters. The number of carboxylic acids is 1. The Labute approximate surface area is 45.9 Å². The third-order valence-corrected chi connectivity index (χ3v) is 0.584. The predicted molar refractivity (Wildman–Crippen MR) is 25.7 cm³/mol. The summed E-state index contributed by atoms with van der Waals surface area (Å²) in [7, 11) is 0. The Kier molecular flexibility index (Phi) is 2.73. The van der Waals surface area contributed by atoms with Crippen molar-refractivity contribution in [2.75, 3.05) is 0 Å². The van der Waals surface area contributed by atoms with Crippen LogP contribution in [0.2, 0.25) is 0 Å². The molecule has 0 aromatic carbocycles. The van der Waals surface area contributed by atoms with Crippen LogP contribution in [0, 0.1) is 0 Å². The standard InChI is InChI=1S/C2H5NO3S/c3-1(6-7)2(4)5/h1,7H,3H2,(H,4,5)/t1-/m0/s1. The smallest absolute Gasteiger partial charge is 0.349 e. The Bertz CT molecular complexity index is 75.3. The molecule has 0 aliphatic rings. The van der Waals surface area contributed by atoms with Crippen molar-refractivity contribution < 1.29 is 14.1 Å². The first kappa shape index (κ1) is 6.74. The van der Waals surface area contributed by atoms with Gasteiger partial charge in [0.15, 0.2) is 0 Å². The molecule has 0 heterocycles. The molecule has 3 N–H and O–H groups in total. The van der Waals surface area contributed by atoms with Crippen molar-refractivity contribution in [3.63, 3.8) is 0 Å². The summed E-state index contributed by atoms with van der Waals surface area (Å²) in [5, 5.41) is 7.88. The van der Waals surface area contributed by atoms with Gasteiger partial charge in [-0.2, -0.15) is 0 Å². The Morgan fingerprint density at radius 1 is 2.00 bits per heavy atom. The fourth-order valence-corrected chi connectivity index (χ4v) is 0.135. The van der Waals surface area contributed by atoms with Crippen molar-refractivity contribution in [2.45, 2.75) is 6.23 Å². The fraction of sp³-hybridized carbons (Fsp3) is 0.500.